The van der Waals surface area contributed by atoms with Gasteiger partial charge in [0, 0.05) is 22.2 Å². The molecule has 0 aliphatic heterocycles. The second kappa shape index (κ2) is 9.07. The molecule has 7 aromatic carbocycles. The van der Waals surface area contributed by atoms with Crippen molar-refractivity contribution in [3.63, 3.8) is 0 Å². The van der Waals surface area contributed by atoms with Crippen molar-refractivity contribution in [3.05, 3.63) is 151 Å². The predicted octanol–water partition coefficient (Wildman–Crippen LogP) is 11.7. The first-order chi connectivity index (χ1) is 21.8. The van der Waals surface area contributed by atoms with E-state index in [2.05, 4.69) is 144 Å². The molecule has 3 aliphatic carbocycles. The monoisotopic (exact) mass is 563 g/mol. The van der Waals surface area contributed by atoms with Gasteiger partial charge in [-0.2, -0.15) is 0 Å². The molecule has 7 aromatic rings. The average molecular weight is 564 g/mol. The number of hydrogen-bond donors (Lipinski definition) is 0. The van der Waals surface area contributed by atoms with E-state index in [1.54, 1.807) is 11.1 Å². The molecule has 0 radical (unpaired) electrons. The molecule has 2 fully saturated rings. The van der Waals surface area contributed by atoms with E-state index in [1.165, 1.54) is 86.2 Å². The van der Waals surface area contributed by atoms with E-state index in [4.69, 9.17) is 0 Å². The van der Waals surface area contributed by atoms with Crippen LogP contribution in [0.1, 0.15) is 36.8 Å². The molecule has 0 aromatic heterocycles. The maximum absolute atomic E-state index is 2.58. The SMILES string of the molecule is c1ccc2c(c1)-c1ccc(N(c3ccc4ccccc4c3)c3cc4ccccc4c4ccccc34)cc1C21CC2CCC1C2. The molecule has 0 amide bonds. The van der Waals surface area contributed by atoms with Crippen LogP contribution in [0.3, 0.4) is 0 Å². The molecular weight excluding hydrogens is 530 g/mol. The van der Waals surface area contributed by atoms with E-state index >= 15 is 0 Å². The fourth-order valence-corrected chi connectivity index (χ4v) is 9.48. The molecular formula is C43H33N. The van der Waals surface area contributed by atoms with Crippen LogP contribution in [0, 0.1) is 11.8 Å². The number of benzene rings is 7. The van der Waals surface area contributed by atoms with Crippen LogP contribution in [0.25, 0.3) is 43.4 Å². The van der Waals surface area contributed by atoms with Gasteiger partial charge in [0.15, 0.2) is 0 Å². The summed E-state index contributed by atoms with van der Waals surface area (Å²) < 4.78 is 0. The highest BCUT2D eigenvalue weighted by atomic mass is 15.1. The summed E-state index contributed by atoms with van der Waals surface area (Å²) in [6.45, 7) is 0. The minimum absolute atomic E-state index is 0.144. The Hall–Kier alpha value is -4.88. The maximum Gasteiger partial charge on any atom is 0.0546 e. The van der Waals surface area contributed by atoms with Gasteiger partial charge in [-0.3, -0.25) is 0 Å². The smallest absolute Gasteiger partial charge is 0.0546 e. The molecule has 0 N–H and O–H groups in total. The third kappa shape index (κ3) is 3.30. The van der Waals surface area contributed by atoms with Gasteiger partial charge in [-0.25, -0.2) is 0 Å². The van der Waals surface area contributed by atoms with Gasteiger partial charge in [0.05, 0.1) is 5.69 Å². The van der Waals surface area contributed by atoms with Gasteiger partial charge in [0.2, 0.25) is 0 Å². The highest BCUT2D eigenvalue weighted by Gasteiger charge is 2.56. The Labute approximate surface area is 258 Å². The summed E-state index contributed by atoms with van der Waals surface area (Å²) in [5.74, 6) is 1.59. The van der Waals surface area contributed by atoms with Crippen molar-refractivity contribution >= 4 is 49.4 Å². The topological polar surface area (TPSA) is 3.24 Å². The van der Waals surface area contributed by atoms with Crippen molar-refractivity contribution < 1.29 is 0 Å². The van der Waals surface area contributed by atoms with Crippen molar-refractivity contribution in [2.24, 2.45) is 11.8 Å². The Balaban J connectivity index is 1.26. The van der Waals surface area contributed by atoms with E-state index in [1.807, 2.05) is 0 Å². The van der Waals surface area contributed by atoms with Crippen LogP contribution in [0.2, 0.25) is 0 Å². The Bertz CT molecular complexity index is 2280. The summed E-state index contributed by atoms with van der Waals surface area (Å²) in [5, 5.41) is 7.67. The standard InChI is InChI=1S/C43H33N/c1-2-10-30-24-33(20-18-29(30)9-1)44(42-25-31-11-3-4-12-35(31)36-13-5-6-15-39(36)42)34-21-22-38-37-14-7-8-16-40(37)43(41(38)26-34)27-28-17-19-32(43)23-28/h1-16,18,20-22,24-26,28,32H,17,19,23,27H2. The van der Waals surface area contributed by atoms with Gasteiger partial charge >= 0.3 is 0 Å². The van der Waals surface area contributed by atoms with Gasteiger partial charge in [-0.1, -0.05) is 116 Å². The first kappa shape index (κ1) is 24.6. The number of rotatable bonds is 3. The molecule has 1 nitrogen and oxygen atoms in total. The summed E-state index contributed by atoms with van der Waals surface area (Å²) in [7, 11) is 0. The molecule has 2 bridgehead atoms. The Kier molecular flexibility index (Phi) is 5.06. The van der Waals surface area contributed by atoms with Gasteiger partial charge in [0.25, 0.3) is 0 Å². The lowest BCUT2D eigenvalue weighted by Gasteiger charge is -2.37. The van der Waals surface area contributed by atoms with Crippen molar-refractivity contribution in [3.8, 4) is 11.1 Å². The van der Waals surface area contributed by atoms with Gasteiger partial charge in [-0.15, -0.1) is 0 Å². The number of fused-ring (bicyclic) bond motifs is 12. The lowest BCUT2D eigenvalue weighted by molar-refractivity contribution is 0.327. The average Bonchev–Trinajstić information content (AvgIpc) is 3.78. The first-order valence-electron chi connectivity index (χ1n) is 16.2. The second-order valence-corrected chi connectivity index (χ2v) is 13.4. The summed E-state index contributed by atoms with van der Waals surface area (Å²) in [5.41, 5.74) is 9.84. The highest BCUT2D eigenvalue weighted by molar-refractivity contribution is 6.14. The summed E-state index contributed by atoms with van der Waals surface area (Å²) in [4.78, 5) is 2.53. The van der Waals surface area contributed by atoms with Gasteiger partial charge in [-0.05, 0) is 111 Å². The van der Waals surface area contributed by atoms with Crippen LogP contribution in [0.5, 0.6) is 0 Å². The number of hydrogen-bond acceptors (Lipinski definition) is 1. The first-order valence-corrected chi connectivity index (χ1v) is 16.2. The summed E-state index contributed by atoms with van der Waals surface area (Å²) in [6.07, 6.45) is 5.42. The van der Waals surface area contributed by atoms with Crippen LogP contribution in [0.15, 0.2) is 140 Å². The van der Waals surface area contributed by atoms with Gasteiger partial charge in [0.1, 0.15) is 0 Å². The van der Waals surface area contributed by atoms with Gasteiger partial charge < -0.3 is 4.90 Å². The summed E-state index contributed by atoms with van der Waals surface area (Å²) >= 11 is 0. The molecule has 10 rings (SSSR count). The fourth-order valence-electron chi connectivity index (χ4n) is 9.48. The van der Waals surface area contributed by atoms with E-state index in [-0.39, 0.29) is 5.41 Å². The molecule has 210 valence electrons. The third-order valence-electron chi connectivity index (χ3n) is 11.3. The minimum Gasteiger partial charge on any atom is -0.310 e. The van der Waals surface area contributed by atoms with Crippen molar-refractivity contribution in [2.45, 2.75) is 31.1 Å². The molecule has 0 heterocycles. The zero-order valence-corrected chi connectivity index (χ0v) is 24.7. The lowest BCUT2D eigenvalue weighted by atomic mass is 9.67. The Morgan fingerprint density at radius 3 is 2.02 bits per heavy atom. The largest absolute Gasteiger partial charge is 0.310 e. The lowest BCUT2D eigenvalue weighted by Crippen LogP contribution is -2.32. The van der Waals surface area contributed by atoms with E-state index in [9.17, 15) is 0 Å². The van der Waals surface area contributed by atoms with Crippen molar-refractivity contribution in [1.82, 2.24) is 0 Å². The van der Waals surface area contributed by atoms with Crippen molar-refractivity contribution in [2.75, 3.05) is 4.90 Å². The number of nitrogens with zero attached hydrogens (tertiary/aromatic N) is 1. The van der Waals surface area contributed by atoms with Crippen molar-refractivity contribution in [1.29, 1.82) is 0 Å². The Morgan fingerprint density at radius 2 is 1.18 bits per heavy atom. The maximum atomic E-state index is 2.58. The third-order valence-corrected chi connectivity index (χ3v) is 11.3. The molecule has 1 heteroatoms. The zero-order chi connectivity index (χ0) is 28.8. The van der Waals surface area contributed by atoms with Crippen LogP contribution >= 0.6 is 0 Å². The van der Waals surface area contributed by atoms with E-state index in [0.717, 1.165) is 11.8 Å². The molecule has 2 saturated carbocycles. The highest BCUT2D eigenvalue weighted by Crippen LogP contribution is 2.66. The minimum atomic E-state index is 0.144. The van der Waals surface area contributed by atoms with E-state index in [0.29, 0.717) is 0 Å². The summed E-state index contributed by atoms with van der Waals surface area (Å²) in [6, 6.07) is 52.5. The molecule has 3 aliphatic rings. The molecule has 0 saturated heterocycles. The molecule has 3 atom stereocenters. The molecule has 1 spiro atoms. The van der Waals surface area contributed by atoms with E-state index < -0.39 is 0 Å². The fraction of sp³-hybridized carbons (Fsp3) is 0.163. The van der Waals surface area contributed by atoms with Crippen LogP contribution in [0.4, 0.5) is 17.1 Å². The normalized spacial score (nSPS) is 21.4. The van der Waals surface area contributed by atoms with Crippen LogP contribution < -0.4 is 4.90 Å². The second-order valence-electron chi connectivity index (χ2n) is 13.4. The Morgan fingerprint density at radius 1 is 0.500 bits per heavy atom. The van der Waals surface area contributed by atoms with Crippen LogP contribution in [-0.2, 0) is 5.41 Å². The zero-order valence-electron chi connectivity index (χ0n) is 24.7. The predicted molar refractivity (Wildman–Crippen MR) is 185 cm³/mol. The number of anilines is 3. The molecule has 44 heavy (non-hydrogen) atoms. The van der Waals surface area contributed by atoms with Crippen LogP contribution in [-0.4, -0.2) is 0 Å². The quantitative estimate of drug-likeness (QED) is 0.193. The molecule has 3 unspecified atom stereocenters.